The quantitative estimate of drug-likeness (QED) is 0.759. The van der Waals surface area contributed by atoms with Gasteiger partial charge >= 0.3 is 5.97 Å². The van der Waals surface area contributed by atoms with Gasteiger partial charge in [0.25, 0.3) is 0 Å². The van der Waals surface area contributed by atoms with Crippen LogP contribution in [-0.4, -0.2) is 16.1 Å². The van der Waals surface area contributed by atoms with Crippen molar-refractivity contribution >= 4 is 16.9 Å². The Labute approximate surface area is 129 Å². The molecule has 0 atom stereocenters. The van der Waals surface area contributed by atoms with Crippen LogP contribution in [0.3, 0.4) is 0 Å². The topological polar surface area (TPSA) is 50.2 Å². The van der Waals surface area contributed by atoms with Crippen LogP contribution in [0.15, 0.2) is 54.6 Å². The van der Waals surface area contributed by atoms with E-state index in [9.17, 15) is 9.90 Å². The van der Waals surface area contributed by atoms with E-state index in [1.165, 1.54) is 5.56 Å². The van der Waals surface area contributed by atoms with Crippen LogP contribution in [0.1, 0.15) is 35.7 Å². The van der Waals surface area contributed by atoms with Gasteiger partial charge in [-0.3, -0.25) is 0 Å². The van der Waals surface area contributed by atoms with Crippen LogP contribution in [0.5, 0.6) is 0 Å². The van der Waals surface area contributed by atoms with Crippen molar-refractivity contribution in [1.82, 2.24) is 4.98 Å². The summed E-state index contributed by atoms with van der Waals surface area (Å²) in [7, 11) is 0. The third kappa shape index (κ3) is 2.58. The maximum Gasteiger partial charge on any atom is 0.336 e. The number of aromatic nitrogens is 1. The van der Waals surface area contributed by atoms with E-state index in [-0.39, 0.29) is 5.56 Å². The molecule has 0 amide bonds. The number of hydrogen-bond donors (Lipinski definition) is 1. The summed E-state index contributed by atoms with van der Waals surface area (Å²) >= 11 is 0. The van der Waals surface area contributed by atoms with Crippen LogP contribution in [-0.2, 0) is 0 Å². The van der Waals surface area contributed by atoms with Crippen molar-refractivity contribution in [3.8, 4) is 11.3 Å². The normalized spacial score (nSPS) is 11.0. The molecule has 0 aliphatic heterocycles. The van der Waals surface area contributed by atoms with Gasteiger partial charge in [0.2, 0.25) is 0 Å². The second-order valence-electron chi connectivity index (χ2n) is 5.66. The molecule has 0 bridgehead atoms. The predicted molar refractivity (Wildman–Crippen MR) is 88.2 cm³/mol. The fourth-order valence-corrected chi connectivity index (χ4v) is 2.56. The molecule has 0 radical (unpaired) electrons. The summed E-state index contributed by atoms with van der Waals surface area (Å²) in [6, 6.07) is 17.1. The number of nitrogens with zero attached hydrogens (tertiary/aromatic N) is 1. The van der Waals surface area contributed by atoms with Crippen molar-refractivity contribution in [1.29, 1.82) is 0 Å². The van der Waals surface area contributed by atoms with Gasteiger partial charge in [0, 0.05) is 10.9 Å². The van der Waals surface area contributed by atoms with Crippen LogP contribution in [0.2, 0.25) is 0 Å². The number of carboxylic acid groups (broad SMARTS) is 1. The van der Waals surface area contributed by atoms with Crippen molar-refractivity contribution in [2.24, 2.45) is 0 Å². The summed E-state index contributed by atoms with van der Waals surface area (Å²) in [4.78, 5) is 16.2. The molecule has 0 aliphatic rings. The molecule has 3 heteroatoms. The van der Waals surface area contributed by atoms with Gasteiger partial charge in [-0.2, -0.15) is 0 Å². The lowest BCUT2D eigenvalue weighted by atomic mass is 9.98. The first-order chi connectivity index (χ1) is 10.6. The SMILES string of the molecule is CC(C)c1cccc(-c2cc(C(=O)O)c3ccccc3n2)c1. The molecule has 1 aromatic heterocycles. The second kappa shape index (κ2) is 5.60. The first-order valence-corrected chi connectivity index (χ1v) is 7.29. The van der Waals surface area contributed by atoms with Crippen molar-refractivity contribution in [3.63, 3.8) is 0 Å². The highest BCUT2D eigenvalue weighted by Crippen LogP contribution is 2.27. The lowest BCUT2D eigenvalue weighted by Gasteiger charge is -2.10. The fraction of sp³-hybridized carbons (Fsp3) is 0.158. The minimum atomic E-state index is -0.931. The molecule has 0 aliphatic carbocycles. The molecule has 0 fully saturated rings. The van der Waals surface area contributed by atoms with Crippen LogP contribution >= 0.6 is 0 Å². The molecule has 0 spiro atoms. The first-order valence-electron chi connectivity index (χ1n) is 7.29. The fourth-order valence-electron chi connectivity index (χ4n) is 2.56. The average molecular weight is 291 g/mol. The standard InChI is InChI=1S/C19H17NO2/c1-12(2)13-6-5-7-14(10-13)18-11-16(19(21)22)15-8-3-4-9-17(15)20-18/h3-12H,1-2H3,(H,21,22). The Hall–Kier alpha value is -2.68. The van der Waals surface area contributed by atoms with Gasteiger partial charge < -0.3 is 5.11 Å². The maximum atomic E-state index is 11.5. The number of pyridine rings is 1. The summed E-state index contributed by atoms with van der Waals surface area (Å²) in [6.45, 7) is 4.27. The lowest BCUT2D eigenvalue weighted by molar-refractivity contribution is 0.0699. The Balaban J connectivity index is 2.23. The van der Waals surface area contributed by atoms with Crippen molar-refractivity contribution < 1.29 is 9.90 Å². The smallest absolute Gasteiger partial charge is 0.336 e. The van der Waals surface area contributed by atoms with E-state index in [0.717, 1.165) is 5.56 Å². The molecule has 110 valence electrons. The Bertz CT molecular complexity index is 853. The summed E-state index contributed by atoms with van der Waals surface area (Å²) in [5.41, 5.74) is 3.84. The van der Waals surface area contributed by atoms with E-state index < -0.39 is 5.97 Å². The van der Waals surface area contributed by atoms with Gasteiger partial charge in [-0.1, -0.05) is 50.2 Å². The number of aromatic carboxylic acids is 1. The predicted octanol–water partition coefficient (Wildman–Crippen LogP) is 4.72. The van der Waals surface area contributed by atoms with Crippen LogP contribution < -0.4 is 0 Å². The van der Waals surface area contributed by atoms with E-state index in [1.807, 2.05) is 30.3 Å². The molecule has 2 aromatic carbocycles. The van der Waals surface area contributed by atoms with Gasteiger partial charge in [0.05, 0.1) is 16.8 Å². The minimum Gasteiger partial charge on any atom is -0.478 e. The Morgan fingerprint density at radius 2 is 1.82 bits per heavy atom. The minimum absolute atomic E-state index is 0.288. The molecule has 0 unspecified atom stereocenters. The molecule has 0 saturated heterocycles. The lowest BCUT2D eigenvalue weighted by Crippen LogP contribution is -2.00. The van der Waals surface area contributed by atoms with Gasteiger partial charge in [-0.15, -0.1) is 0 Å². The van der Waals surface area contributed by atoms with E-state index >= 15 is 0 Å². The zero-order chi connectivity index (χ0) is 15.7. The van der Waals surface area contributed by atoms with Gasteiger partial charge in [0.15, 0.2) is 0 Å². The van der Waals surface area contributed by atoms with E-state index in [4.69, 9.17) is 0 Å². The van der Waals surface area contributed by atoms with Gasteiger partial charge in [0.1, 0.15) is 0 Å². The third-order valence-electron chi connectivity index (χ3n) is 3.80. The molecule has 1 N–H and O–H groups in total. The number of rotatable bonds is 3. The Morgan fingerprint density at radius 1 is 1.05 bits per heavy atom. The monoisotopic (exact) mass is 291 g/mol. The summed E-state index contributed by atoms with van der Waals surface area (Å²) in [6.07, 6.45) is 0. The third-order valence-corrected chi connectivity index (χ3v) is 3.80. The van der Waals surface area contributed by atoms with Crippen LogP contribution in [0.25, 0.3) is 22.2 Å². The Morgan fingerprint density at radius 3 is 2.55 bits per heavy atom. The number of fused-ring (bicyclic) bond motifs is 1. The number of para-hydroxylation sites is 1. The number of benzene rings is 2. The molecule has 3 nitrogen and oxygen atoms in total. The van der Waals surface area contributed by atoms with E-state index in [1.54, 1.807) is 12.1 Å². The van der Waals surface area contributed by atoms with E-state index in [0.29, 0.717) is 22.5 Å². The van der Waals surface area contributed by atoms with Crippen molar-refractivity contribution in [2.45, 2.75) is 19.8 Å². The maximum absolute atomic E-state index is 11.5. The highest BCUT2D eigenvalue weighted by molar-refractivity contribution is 6.03. The summed E-state index contributed by atoms with van der Waals surface area (Å²) in [5, 5.41) is 10.1. The van der Waals surface area contributed by atoms with Crippen molar-refractivity contribution in [2.75, 3.05) is 0 Å². The highest BCUT2D eigenvalue weighted by Gasteiger charge is 2.13. The number of carbonyl (C=O) groups is 1. The molecular weight excluding hydrogens is 274 g/mol. The highest BCUT2D eigenvalue weighted by atomic mass is 16.4. The second-order valence-corrected chi connectivity index (χ2v) is 5.66. The number of carboxylic acids is 1. The van der Waals surface area contributed by atoms with Crippen LogP contribution in [0.4, 0.5) is 0 Å². The molecule has 1 heterocycles. The first kappa shape index (κ1) is 14.3. The Kier molecular flexibility index (Phi) is 3.63. The zero-order valence-electron chi connectivity index (χ0n) is 12.6. The van der Waals surface area contributed by atoms with E-state index in [2.05, 4.69) is 31.0 Å². The largest absolute Gasteiger partial charge is 0.478 e. The molecule has 0 saturated carbocycles. The number of hydrogen-bond acceptors (Lipinski definition) is 2. The summed E-state index contributed by atoms with van der Waals surface area (Å²) < 4.78 is 0. The van der Waals surface area contributed by atoms with Gasteiger partial charge in [-0.05, 0) is 29.7 Å². The van der Waals surface area contributed by atoms with Gasteiger partial charge in [-0.25, -0.2) is 9.78 Å². The van der Waals surface area contributed by atoms with Crippen molar-refractivity contribution in [3.05, 3.63) is 65.7 Å². The van der Waals surface area contributed by atoms with Crippen LogP contribution in [0, 0.1) is 0 Å². The zero-order valence-corrected chi connectivity index (χ0v) is 12.6. The summed E-state index contributed by atoms with van der Waals surface area (Å²) in [5.74, 6) is -0.515. The molecule has 3 aromatic rings. The average Bonchev–Trinajstić information content (AvgIpc) is 2.53. The molecule has 22 heavy (non-hydrogen) atoms. The molecule has 3 rings (SSSR count). The molecular formula is C19H17NO2.